The van der Waals surface area contributed by atoms with Crippen LogP contribution < -0.4 is 5.73 Å². The minimum Gasteiger partial charge on any atom is -0.386 e. The maximum absolute atomic E-state index is 14.3. The molecule has 2 atom stereocenters. The number of alkyl halides is 3. The molecule has 1 aliphatic heterocycles. The second kappa shape index (κ2) is 6.51. The summed E-state index contributed by atoms with van der Waals surface area (Å²) >= 11 is 0. The Morgan fingerprint density at radius 1 is 1.07 bits per heavy atom. The largest absolute Gasteiger partial charge is 0.416 e. The summed E-state index contributed by atoms with van der Waals surface area (Å²) in [4.78, 5) is 4.16. The third-order valence-electron chi connectivity index (χ3n) is 5.20. The minimum absolute atomic E-state index is 0.184. The normalized spacial score (nSPS) is 26.8. The fraction of sp³-hybridized carbons (Fsp3) is 0.316. The monoisotopic (exact) mass is 432 g/mol. The number of aliphatic imine (C=N–C) groups is 1. The lowest BCUT2D eigenvalue weighted by molar-refractivity contribution is -0.137. The van der Waals surface area contributed by atoms with Crippen LogP contribution in [0.25, 0.3) is 0 Å². The third-order valence-corrected chi connectivity index (χ3v) is 7.83. The molecule has 0 unspecified atom stereocenters. The van der Waals surface area contributed by atoms with Crippen molar-refractivity contribution in [3.05, 3.63) is 70.8 Å². The Morgan fingerprint density at radius 3 is 2.28 bits per heavy atom. The maximum atomic E-state index is 14.3. The molecule has 0 saturated carbocycles. The number of hydrogen-bond donors (Lipinski definition) is 1. The number of nitrogens with zero attached hydrogens (tertiary/aromatic N) is 1. The summed E-state index contributed by atoms with van der Waals surface area (Å²) in [6, 6.07) is 6.46. The van der Waals surface area contributed by atoms with Crippen LogP contribution in [0.1, 0.15) is 30.5 Å². The molecule has 0 bridgehead atoms. The van der Waals surface area contributed by atoms with Gasteiger partial charge in [0.05, 0.1) is 11.3 Å². The van der Waals surface area contributed by atoms with Gasteiger partial charge in [0.1, 0.15) is 23.0 Å². The van der Waals surface area contributed by atoms with Crippen molar-refractivity contribution in [2.45, 2.75) is 30.3 Å². The first kappa shape index (κ1) is 21.2. The Bertz CT molecular complexity index is 1110. The maximum Gasteiger partial charge on any atom is 0.416 e. The van der Waals surface area contributed by atoms with Gasteiger partial charge in [0.25, 0.3) is 0 Å². The topological polar surface area (TPSA) is 72.5 Å². The van der Waals surface area contributed by atoms with Gasteiger partial charge >= 0.3 is 6.18 Å². The summed E-state index contributed by atoms with van der Waals surface area (Å²) in [5.74, 6) is -3.05. The Morgan fingerprint density at radius 2 is 1.72 bits per heavy atom. The summed E-state index contributed by atoms with van der Waals surface area (Å²) < 4.78 is 91.2. The zero-order chi connectivity index (χ0) is 21.8. The molecule has 0 saturated heterocycles. The van der Waals surface area contributed by atoms with Crippen molar-refractivity contribution in [3.63, 3.8) is 0 Å². The van der Waals surface area contributed by atoms with Crippen LogP contribution in [0.4, 0.5) is 22.0 Å². The first-order valence-corrected chi connectivity index (χ1v) is 10.1. The minimum atomic E-state index is -4.68. The zero-order valence-corrected chi connectivity index (χ0v) is 16.2. The van der Waals surface area contributed by atoms with E-state index in [0.717, 1.165) is 31.2 Å². The molecule has 1 aliphatic rings. The fourth-order valence-electron chi connectivity index (χ4n) is 3.46. The lowest BCUT2D eigenvalue weighted by Crippen LogP contribution is -2.54. The third kappa shape index (κ3) is 3.39. The van der Waals surface area contributed by atoms with Gasteiger partial charge in [0, 0.05) is 11.6 Å². The summed E-state index contributed by atoms with van der Waals surface area (Å²) in [6.07, 6.45) is -4.68. The van der Waals surface area contributed by atoms with Crippen molar-refractivity contribution in [1.82, 2.24) is 0 Å². The van der Waals surface area contributed by atoms with Crippen LogP contribution >= 0.6 is 0 Å². The van der Waals surface area contributed by atoms with Crippen LogP contribution in [0.2, 0.25) is 0 Å². The van der Waals surface area contributed by atoms with E-state index >= 15 is 0 Å². The number of amidine groups is 1. The molecule has 1 heterocycles. The highest BCUT2D eigenvalue weighted by Crippen LogP contribution is 2.43. The summed E-state index contributed by atoms with van der Waals surface area (Å²) in [5.41, 5.74) is 2.89. The molecule has 0 fully saturated rings. The summed E-state index contributed by atoms with van der Waals surface area (Å²) in [5, 5.41) is 0. The van der Waals surface area contributed by atoms with Crippen LogP contribution in [0, 0.1) is 11.6 Å². The molecule has 2 aromatic carbocycles. The van der Waals surface area contributed by atoms with Crippen molar-refractivity contribution >= 4 is 15.7 Å². The van der Waals surface area contributed by atoms with Crippen LogP contribution in [0.5, 0.6) is 0 Å². The van der Waals surface area contributed by atoms with Crippen molar-refractivity contribution in [2.24, 2.45) is 10.7 Å². The van der Waals surface area contributed by atoms with Crippen molar-refractivity contribution < 1.29 is 30.4 Å². The predicted molar refractivity (Wildman–Crippen MR) is 97.9 cm³/mol. The van der Waals surface area contributed by atoms with E-state index in [-0.39, 0.29) is 11.1 Å². The number of halogens is 5. The SMILES string of the molecule is C[C@@]1(c2cccc(C(F)(F)F)c2)C(N)=N[C@](C)(c2ccc(F)cc2F)CS1(=O)=O. The molecule has 3 rings (SSSR count). The number of benzene rings is 2. The van der Waals surface area contributed by atoms with E-state index in [0.29, 0.717) is 12.1 Å². The van der Waals surface area contributed by atoms with E-state index in [9.17, 15) is 30.4 Å². The fourth-order valence-corrected chi connectivity index (χ4v) is 5.56. The van der Waals surface area contributed by atoms with E-state index in [4.69, 9.17) is 5.73 Å². The van der Waals surface area contributed by atoms with Crippen LogP contribution in [0.15, 0.2) is 47.5 Å². The summed E-state index contributed by atoms with van der Waals surface area (Å²) in [6.45, 7) is 2.48. The first-order chi connectivity index (χ1) is 13.2. The Kier molecular flexibility index (Phi) is 4.77. The molecular weight excluding hydrogens is 415 g/mol. The first-order valence-electron chi connectivity index (χ1n) is 8.42. The molecular formula is C19H17F5N2O2S. The van der Waals surface area contributed by atoms with Gasteiger partial charge in [0.15, 0.2) is 14.6 Å². The van der Waals surface area contributed by atoms with Crippen LogP contribution in [0.3, 0.4) is 0 Å². The van der Waals surface area contributed by atoms with Crippen LogP contribution in [-0.4, -0.2) is 20.0 Å². The van der Waals surface area contributed by atoms with Gasteiger partial charge in [0.2, 0.25) is 0 Å². The predicted octanol–water partition coefficient (Wildman–Crippen LogP) is 3.90. The average molecular weight is 432 g/mol. The van der Waals surface area contributed by atoms with Gasteiger partial charge < -0.3 is 5.73 Å². The zero-order valence-electron chi connectivity index (χ0n) is 15.4. The van der Waals surface area contributed by atoms with E-state index in [1.807, 2.05) is 0 Å². The molecule has 29 heavy (non-hydrogen) atoms. The number of sulfone groups is 1. The molecule has 10 heteroatoms. The second-order valence-corrected chi connectivity index (χ2v) is 9.60. The molecule has 0 amide bonds. The van der Waals surface area contributed by atoms with Gasteiger partial charge in [-0.25, -0.2) is 17.2 Å². The van der Waals surface area contributed by atoms with Gasteiger partial charge in [-0.1, -0.05) is 18.2 Å². The summed E-state index contributed by atoms with van der Waals surface area (Å²) in [7, 11) is -4.25. The lowest BCUT2D eigenvalue weighted by Gasteiger charge is -2.40. The van der Waals surface area contributed by atoms with Gasteiger partial charge in [-0.15, -0.1) is 0 Å². The molecule has 156 valence electrons. The highest BCUT2D eigenvalue weighted by molar-refractivity contribution is 7.93. The number of hydrogen-bond acceptors (Lipinski definition) is 4. The molecule has 2 aromatic rings. The van der Waals surface area contributed by atoms with E-state index in [1.54, 1.807) is 0 Å². The van der Waals surface area contributed by atoms with Crippen molar-refractivity contribution in [3.8, 4) is 0 Å². The van der Waals surface area contributed by atoms with Gasteiger partial charge in [-0.05, 0) is 37.6 Å². The molecule has 0 aliphatic carbocycles. The lowest BCUT2D eigenvalue weighted by atomic mass is 9.91. The van der Waals surface area contributed by atoms with E-state index < -0.39 is 55.1 Å². The van der Waals surface area contributed by atoms with Crippen molar-refractivity contribution in [1.29, 1.82) is 0 Å². The molecule has 0 aromatic heterocycles. The second-order valence-electron chi connectivity index (χ2n) is 7.27. The Hall–Kier alpha value is -2.49. The molecule has 4 nitrogen and oxygen atoms in total. The van der Waals surface area contributed by atoms with Gasteiger partial charge in [-0.3, -0.25) is 4.99 Å². The van der Waals surface area contributed by atoms with Crippen molar-refractivity contribution in [2.75, 3.05) is 5.75 Å². The van der Waals surface area contributed by atoms with E-state index in [2.05, 4.69) is 4.99 Å². The Balaban J connectivity index is 2.20. The van der Waals surface area contributed by atoms with Crippen LogP contribution in [-0.2, 0) is 26.3 Å². The molecule has 0 spiro atoms. The Labute approximate surface area is 164 Å². The smallest absolute Gasteiger partial charge is 0.386 e. The molecule has 2 N–H and O–H groups in total. The standard InChI is InChI=1S/C19H17F5N2O2S/c1-17(14-7-6-13(20)9-15(14)21)10-29(27,28)18(2,16(25)26-17)11-4-3-5-12(8-11)19(22,23)24/h3-9H,10H2,1-2H3,(H2,25,26)/t17-,18+/m0/s1. The van der Waals surface area contributed by atoms with E-state index in [1.165, 1.54) is 13.0 Å². The highest BCUT2D eigenvalue weighted by Gasteiger charge is 2.53. The average Bonchev–Trinajstić information content (AvgIpc) is 2.58. The number of nitrogens with two attached hydrogens (primary N) is 1. The highest BCUT2D eigenvalue weighted by atomic mass is 32.2. The number of rotatable bonds is 2. The van der Waals surface area contributed by atoms with Gasteiger partial charge in [-0.2, -0.15) is 13.2 Å². The molecule has 0 radical (unpaired) electrons. The quantitative estimate of drug-likeness (QED) is 0.732.